The minimum atomic E-state index is -0.675. The summed E-state index contributed by atoms with van der Waals surface area (Å²) in [5.74, 6) is -0.308. The molecule has 2 unspecified atom stereocenters. The second-order valence-corrected chi connectivity index (χ2v) is 14.8. The van der Waals surface area contributed by atoms with Crippen molar-refractivity contribution in [2.24, 2.45) is 11.8 Å². The van der Waals surface area contributed by atoms with Crippen LogP contribution in [0.5, 0.6) is 11.5 Å². The predicted molar refractivity (Wildman–Crippen MR) is 230 cm³/mol. The van der Waals surface area contributed by atoms with Gasteiger partial charge in [0.15, 0.2) is 0 Å². The molecular formula is C51H40N2O7. The quantitative estimate of drug-likeness (QED) is 0.0734. The van der Waals surface area contributed by atoms with Gasteiger partial charge in [-0.05, 0) is 123 Å². The number of nitrogens with zero attached hydrogens (tertiary/aromatic N) is 2. The molecule has 0 saturated heterocycles. The third-order valence-corrected chi connectivity index (χ3v) is 9.95. The highest BCUT2D eigenvalue weighted by Gasteiger charge is 2.18. The number of ether oxygens (including phenoxy) is 4. The number of esters is 2. The SMILES string of the molecule is CC(COC(=O)c1cc(C=O)cc(C(=O)OCC(C)COc2ccc3cc(-c4ccc(C#N)cc4)ccc3c2)c1)COc1ccc2cc(-c3ccc(C#N)cc3)ccc2c1. The lowest BCUT2D eigenvalue weighted by Crippen LogP contribution is -2.19. The number of benzene rings is 7. The molecule has 0 heterocycles. The van der Waals surface area contributed by atoms with Gasteiger partial charge in [0.1, 0.15) is 17.8 Å². The Morgan fingerprint density at radius 3 is 1.28 bits per heavy atom. The van der Waals surface area contributed by atoms with Crippen molar-refractivity contribution in [1.29, 1.82) is 10.5 Å². The zero-order chi connectivity index (χ0) is 42.0. The van der Waals surface area contributed by atoms with E-state index in [0.717, 1.165) is 43.8 Å². The van der Waals surface area contributed by atoms with Gasteiger partial charge in [0.05, 0.1) is 60.8 Å². The fourth-order valence-electron chi connectivity index (χ4n) is 6.59. The van der Waals surface area contributed by atoms with Crippen molar-refractivity contribution >= 4 is 39.8 Å². The first-order valence-corrected chi connectivity index (χ1v) is 19.5. The Morgan fingerprint density at radius 2 is 0.883 bits per heavy atom. The fraction of sp³-hybridized carbons (Fsp3) is 0.157. The third kappa shape index (κ3) is 10.0. The Kier molecular flexibility index (Phi) is 12.6. The molecule has 0 aromatic heterocycles. The first kappa shape index (κ1) is 40.4. The molecule has 0 aliphatic carbocycles. The Balaban J connectivity index is 0.874. The summed E-state index contributed by atoms with van der Waals surface area (Å²) in [4.78, 5) is 37.9. The van der Waals surface area contributed by atoms with E-state index in [2.05, 4.69) is 24.3 Å². The first-order valence-electron chi connectivity index (χ1n) is 19.5. The van der Waals surface area contributed by atoms with Gasteiger partial charge in [0.2, 0.25) is 0 Å². The third-order valence-electron chi connectivity index (χ3n) is 9.95. The monoisotopic (exact) mass is 792 g/mol. The van der Waals surface area contributed by atoms with Gasteiger partial charge in [-0.25, -0.2) is 9.59 Å². The predicted octanol–water partition coefficient (Wildman–Crippen LogP) is 10.6. The maximum absolute atomic E-state index is 13.1. The Hall–Kier alpha value is -7.75. The van der Waals surface area contributed by atoms with Crippen LogP contribution in [0.3, 0.4) is 0 Å². The van der Waals surface area contributed by atoms with E-state index in [-0.39, 0.29) is 41.7 Å². The standard InChI is InChI=1S/C51H40N2O7/c1-33(29-57-48-17-15-42-21-40(11-13-44(42)24-48)38-7-3-35(26-52)4-8-38)31-59-50(55)46-19-37(28-54)20-47(23-46)51(56)60-32-34(2)30-58-49-18-16-43-22-41(12-14-45(43)25-49)39-9-5-36(27-53)6-10-39/h3-25,28,33-34H,29-32H2,1-2H3. The van der Waals surface area contributed by atoms with E-state index in [0.29, 0.717) is 42.1 Å². The second-order valence-electron chi connectivity index (χ2n) is 14.8. The Labute approximate surface area is 347 Å². The number of nitriles is 2. The van der Waals surface area contributed by atoms with Crippen LogP contribution in [0.4, 0.5) is 0 Å². The van der Waals surface area contributed by atoms with Crippen LogP contribution in [-0.2, 0) is 9.47 Å². The summed E-state index contributed by atoms with van der Waals surface area (Å²) in [5.41, 5.74) is 5.64. The molecule has 0 spiro atoms. The van der Waals surface area contributed by atoms with Gasteiger partial charge in [-0.2, -0.15) is 10.5 Å². The summed E-state index contributed by atoms with van der Waals surface area (Å²) in [6.07, 6.45) is 0.565. The number of carbonyl (C=O) groups excluding carboxylic acids is 3. The summed E-state index contributed by atoms with van der Waals surface area (Å²) < 4.78 is 23.2. The molecule has 7 aromatic rings. The van der Waals surface area contributed by atoms with Gasteiger partial charge in [-0.1, -0.05) is 74.5 Å². The lowest BCUT2D eigenvalue weighted by Gasteiger charge is -2.15. The van der Waals surface area contributed by atoms with Crippen LogP contribution in [0, 0.1) is 34.5 Å². The van der Waals surface area contributed by atoms with Crippen LogP contribution < -0.4 is 9.47 Å². The summed E-state index contributed by atoms with van der Waals surface area (Å²) in [6.45, 7) is 4.48. The van der Waals surface area contributed by atoms with Gasteiger partial charge in [0.25, 0.3) is 0 Å². The Bertz CT molecular complexity index is 2600. The number of fused-ring (bicyclic) bond motifs is 2. The molecule has 2 atom stereocenters. The second kappa shape index (κ2) is 18.7. The molecule has 0 aliphatic rings. The van der Waals surface area contributed by atoms with Gasteiger partial charge >= 0.3 is 11.9 Å². The highest BCUT2D eigenvalue weighted by atomic mass is 16.5. The molecule has 7 aromatic carbocycles. The van der Waals surface area contributed by atoms with Crippen LogP contribution in [0.1, 0.15) is 56.0 Å². The van der Waals surface area contributed by atoms with E-state index in [1.54, 1.807) is 24.3 Å². The van der Waals surface area contributed by atoms with E-state index in [1.807, 2.05) is 98.8 Å². The van der Waals surface area contributed by atoms with Crippen molar-refractivity contribution in [2.75, 3.05) is 26.4 Å². The largest absolute Gasteiger partial charge is 0.493 e. The van der Waals surface area contributed by atoms with Gasteiger partial charge in [0, 0.05) is 17.4 Å². The lowest BCUT2D eigenvalue weighted by molar-refractivity contribution is 0.0413. The Morgan fingerprint density at radius 1 is 0.500 bits per heavy atom. The molecular weight excluding hydrogens is 753 g/mol. The van der Waals surface area contributed by atoms with Crippen molar-refractivity contribution < 1.29 is 33.3 Å². The topological polar surface area (TPSA) is 136 Å². The highest BCUT2D eigenvalue weighted by Crippen LogP contribution is 2.29. The van der Waals surface area contributed by atoms with Gasteiger partial charge in [-0.3, -0.25) is 4.79 Å². The minimum Gasteiger partial charge on any atom is -0.493 e. The number of aldehydes is 1. The summed E-state index contributed by atoms with van der Waals surface area (Å²) in [5, 5.41) is 22.3. The smallest absolute Gasteiger partial charge is 0.338 e. The van der Waals surface area contributed by atoms with Crippen LogP contribution in [0.2, 0.25) is 0 Å². The molecule has 0 amide bonds. The van der Waals surface area contributed by atoms with E-state index >= 15 is 0 Å². The molecule has 60 heavy (non-hydrogen) atoms. The van der Waals surface area contributed by atoms with Gasteiger partial charge in [-0.15, -0.1) is 0 Å². The average molecular weight is 793 g/mol. The lowest BCUT2D eigenvalue weighted by atomic mass is 10.0. The molecule has 9 nitrogen and oxygen atoms in total. The van der Waals surface area contributed by atoms with E-state index in [9.17, 15) is 14.4 Å². The molecule has 0 fully saturated rings. The normalized spacial score (nSPS) is 11.8. The van der Waals surface area contributed by atoms with Gasteiger partial charge < -0.3 is 18.9 Å². The molecule has 7 rings (SSSR count). The van der Waals surface area contributed by atoms with Crippen molar-refractivity contribution in [2.45, 2.75) is 13.8 Å². The first-order chi connectivity index (χ1) is 29.2. The zero-order valence-electron chi connectivity index (χ0n) is 33.1. The van der Waals surface area contributed by atoms with Crippen molar-refractivity contribution in [3.8, 4) is 45.9 Å². The summed E-state index contributed by atoms with van der Waals surface area (Å²) in [7, 11) is 0. The number of hydrogen-bond donors (Lipinski definition) is 0. The number of hydrogen-bond acceptors (Lipinski definition) is 9. The molecule has 9 heteroatoms. The maximum Gasteiger partial charge on any atom is 0.338 e. The highest BCUT2D eigenvalue weighted by molar-refractivity contribution is 5.98. The van der Waals surface area contributed by atoms with E-state index < -0.39 is 11.9 Å². The molecule has 0 radical (unpaired) electrons. The van der Waals surface area contributed by atoms with Crippen molar-refractivity contribution in [1.82, 2.24) is 0 Å². The maximum atomic E-state index is 13.1. The number of rotatable bonds is 15. The average Bonchev–Trinajstić information content (AvgIpc) is 3.30. The summed E-state index contributed by atoms with van der Waals surface area (Å²) in [6, 6.07) is 47.3. The van der Waals surface area contributed by atoms with Crippen LogP contribution >= 0.6 is 0 Å². The van der Waals surface area contributed by atoms with E-state index in [1.165, 1.54) is 18.2 Å². The van der Waals surface area contributed by atoms with E-state index in [4.69, 9.17) is 29.5 Å². The molecule has 0 N–H and O–H groups in total. The van der Waals surface area contributed by atoms with Crippen molar-refractivity contribution in [3.05, 3.63) is 167 Å². The molecule has 0 bridgehead atoms. The number of carbonyl (C=O) groups is 3. The minimum absolute atomic E-state index is 0.0554. The fourth-order valence-corrected chi connectivity index (χ4v) is 6.59. The zero-order valence-corrected chi connectivity index (χ0v) is 33.1. The van der Waals surface area contributed by atoms with Crippen LogP contribution in [0.25, 0.3) is 43.8 Å². The molecule has 0 aliphatic heterocycles. The summed E-state index contributed by atoms with van der Waals surface area (Å²) >= 11 is 0. The van der Waals surface area contributed by atoms with Crippen LogP contribution in [-0.4, -0.2) is 44.7 Å². The van der Waals surface area contributed by atoms with Crippen molar-refractivity contribution in [3.63, 3.8) is 0 Å². The molecule has 0 saturated carbocycles. The van der Waals surface area contributed by atoms with Crippen LogP contribution in [0.15, 0.2) is 140 Å². The molecule has 296 valence electrons.